The zero-order valence-corrected chi connectivity index (χ0v) is 20.3. The van der Waals surface area contributed by atoms with Gasteiger partial charge in [0, 0.05) is 12.7 Å². The average Bonchev–Trinajstić information content (AvgIpc) is 2.91. The molecule has 0 atom stereocenters. The maximum atomic E-state index is 14.0. The number of alkyl halides is 3. The van der Waals surface area contributed by atoms with Gasteiger partial charge in [-0.15, -0.1) is 0 Å². The van der Waals surface area contributed by atoms with Crippen molar-refractivity contribution in [2.75, 3.05) is 11.9 Å². The first-order valence-corrected chi connectivity index (χ1v) is 11.8. The zero-order chi connectivity index (χ0) is 26.2. The normalized spacial score (nSPS) is 11.7. The highest BCUT2D eigenvalue weighted by atomic mass is 19.4. The van der Waals surface area contributed by atoms with Crippen molar-refractivity contribution in [1.82, 2.24) is 9.55 Å². The lowest BCUT2D eigenvalue weighted by Gasteiger charge is -2.25. The molecule has 0 radical (unpaired) electrons. The summed E-state index contributed by atoms with van der Waals surface area (Å²) in [7, 11) is 1.56. The fourth-order valence-electron chi connectivity index (χ4n) is 4.72. The van der Waals surface area contributed by atoms with E-state index in [9.17, 15) is 18.0 Å². The zero-order valence-electron chi connectivity index (χ0n) is 20.3. The van der Waals surface area contributed by atoms with Gasteiger partial charge in [0.15, 0.2) is 0 Å². The van der Waals surface area contributed by atoms with Gasteiger partial charge < -0.3 is 4.90 Å². The van der Waals surface area contributed by atoms with Crippen LogP contribution in [0, 0.1) is 6.92 Å². The van der Waals surface area contributed by atoms with E-state index in [1.54, 1.807) is 42.8 Å². The molecule has 0 unspecified atom stereocenters. The average molecular weight is 500 g/mol. The van der Waals surface area contributed by atoms with Crippen LogP contribution in [0.4, 0.5) is 24.5 Å². The molecular weight excluding hydrogens is 475 g/mol. The van der Waals surface area contributed by atoms with E-state index in [-0.39, 0.29) is 11.2 Å². The second-order valence-electron chi connectivity index (χ2n) is 8.83. The van der Waals surface area contributed by atoms with E-state index in [4.69, 9.17) is 4.98 Å². The molecule has 0 bridgehead atoms. The second-order valence-corrected chi connectivity index (χ2v) is 8.83. The van der Waals surface area contributed by atoms with E-state index in [0.29, 0.717) is 22.4 Å². The molecule has 0 saturated heterocycles. The summed E-state index contributed by atoms with van der Waals surface area (Å²) in [4.78, 5) is 20.1. The summed E-state index contributed by atoms with van der Waals surface area (Å²) < 4.78 is 42.6. The molecule has 1 aromatic heterocycles. The molecule has 5 rings (SSSR count). The molecule has 5 aromatic rings. The highest BCUT2D eigenvalue weighted by Crippen LogP contribution is 2.38. The van der Waals surface area contributed by atoms with E-state index in [1.807, 2.05) is 60.7 Å². The van der Waals surface area contributed by atoms with Crippen LogP contribution in [0.25, 0.3) is 10.9 Å². The van der Waals surface area contributed by atoms with E-state index < -0.39 is 17.8 Å². The number of hydrogen-bond donors (Lipinski definition) is 0. The van der Waals surface area contributed by atoms with Crippen molar-refractivity contribution in [1.29, 1.82) is 0 Å². The molecule has 0 N–H and O–H groups in total. The maximum absolute atomic E-state index is 14.0. The Morgan fingerprint density at radius 3 is 1.97 bits per heavy atom. The van der Waals surface area contributed by atoms with Crippen LogP contribution >= 0.6 is 0 Å². The number of para-hydroxylation sites is 1. The lowest BCUT2D eigenvalue weighted by molar-refractivity contribution is -0.137. The molecule has 0 aliphatic rings. The third-order valence-electron chi connectivity index (χ3n) is 6.51. The summed E-state index contributed by atoms with van der Waals surface area (Å²) >= 11 is 0. The molecule has 7 heteroatoms. The minimum absolute atomic E-state index is 0.00111. The molecule has 0 amide bonds. The number of nitrogens with zero attached hydrogens (tertiary/aromatic N) is 3. The Balaban J connectivity index is 1.69. The van der Waals surface area contributed by atoms with E-state index in [0.717, 1.165) is 17.2 Å². The summed E-state index contributed by atoms with van der Waals surface area (Å²) in [5.74, 6) is 0.540. The molecule has 4 nitrogen and oxygen atoms in total. The topological polar surface area (TPSA) is 38.1 Å². The summed E-state index contributed by atoms with van der Waals surface area (Å²) in [5, 5.41) is 0.330. The number of hydrogen-bond acceptors (Lipinski definition) is 3. The fraction of sp³-hybridized carbons (Fsp3) is 0.133. The molecule has 1 heterocycles. The van der Waals surface area contributed by atoms with Crippen LogP contribution in [0.2, 0.25) is 0 Å². The highest BCUT2D eigenvalue weighted by molar-refractivity contribution is 5.83. The molecule has 0 aliphatic carbocycles. The first-order valence-electron chi connectivity index (χ1n) is 11.8. The Bertz CT molecular complexity index is 1570. The third kappa shape index (κ3) is 4.60. The smallest absolute Gasteiger partial charge is 0.344 e. The third-order valence-corrected chi connectivity index (χ3v) is 6.51. The van der Waals surface area contributed by atoms with Crippen LogP contribution in [0.3, 0.4) is 0 Å². The Morgan fingerprint density at radius 2 is 1.38 bits per heavy atom. The first-order chi connectivity index (χ1) is 17.8. The van der Waals surface area contributed by atoms with Gasteiger partial charge in [-0.05, 0) is 48.4 Å². The minimum atomic E-state index is -4.51. The molecule has 0 spiro atoms. The van der Waals surface area contributed by atoms with Gasteiger partial charge in [-0.3, -0.25) is 9.36 Å². The lowest BCUT2D eigenvalue weighted by Crippen LogP contribution is -2.29. The van der Waals surface area contributed by atoms with Gasteiger partial charge in [0.25, 0.3) is 5.56 Å². The number of halogens is 3. The fourth-order valence-corrected chi connectivity index (χ4v) is 4.72. The van der Waals surface area contributed by atoms with Crippen LogP contribution in [0.5, 0.6) is 0 Å². The number of rotatable bonds is 5. The Labute approximate surface area is 212 Å². The molecular formula is C30H24F3N3O. The van der Waals surface area contributed by atoms with Gasteiger partial charge in [0.05, 0.1) is 28.2 Å². The second kappa shape index (κ2) is 9.58. The van der Waals surface area contributed by atoms with Crippen molar-refractivity contribution < 1.29 is 13.2 Å². The van der Waals surface area contributed by atoms with Crippen LogP contribution in [0.1, 0.15) is 28.6 Å². The van der Waals surface area contributed by atoms with Crippen LogP contribution in [0.15, 0.2) is 108 Å². The summed E-state index contributed by atoms with van der Waals surface area (Å²) in [5.41, 5.74) is 1.78. The van der Waals surface area contributed by atoms with Crippen LogP contribution in [-0.2, 0) is 6.18 Å². The first kappa shape index (κ1) is 24.3. The van der Waals surface area contributed by atoms with Crippen molar-refractivity contribution in [2.24, 2.45) is 0 Å². The Hall–Kier alpha value is -4.39. The number of benzene rings is 4. The maximum Gasteiger partial charge on any atom is 0.418 e. The SMILES string of the molecule is Cc1nc2ccc(N(C)c3ccccc3C(F)(F)F)cc2c(=O)n1C(c1ccccc1)c1ccccc1. The number of anilines is 2. The van der Waals surface area contributed by atoms with Crippen LogP contribution in [-0.4, -0.2) is 16.6 Å². The van der Waals surface area contributed by atoms with Crippen molar-refractivity contribution in [2.45, 2.75) is 19.1 Å². The van der Waals surface area contributed by atoms with Gasteiger partial charge >= 0.3 is 6.18 Å². The van der Waals surface area contributed by atoms with Crippen molar-refractivity contribution in [3.63, 3.8) is 0 Å². The molecule has 0 saturated carbocycles. The van der Waals surface area contributed by atoms with Crippen molar-refractivity contribution >= 4 is 22.3 Å². The predicted octanol–water partition coefficient (Wildman–Crippen LogP) is 7.13. The molecule has 37 heavy (non-hydrogen) atoms. The van der Waals surface area contributed by atoms with Gasteiger partial charge in [-0.1, -0.05) is 72.8 Å². The van der Waals surface area contributed by atoms with Crippen molar-refractivity contribution in [3.8, 4) is 0 Å². The van der Waals surface area contributed by atoms with E-state index in [1.165, 1.54) is 17.0 Å². The van der Waals surface area contributed by atoms with Crippen LogP contribution < -0.4 is 10.5 Å². The minimum Gasteiger partial charge on any atom is -0.344 e. The quantitative estimate of drug-likeness (QED) is 0.258. The lowest BCUT2D eigenvalue weighted by atomic mass is 9.98. The summed E-state index contributed by atoms with van der Waals surface area (Å²) in [6, 6.07) is 29.3. The summed E-state index contributed by atoms with van der Waals surface area (Å²) in [6.07, 6.45) is -4.51. The van der Waals surface area contributed by atoms with Gasteiger partial charge in [0.2, 0.25) is 0 Å². The largest absolute Gasteiger partial charge is 0.418 e. The Morgan fingerprint density at radius 1 is 0.811 bits per heavy atom. The number of aryl methyl sites for hydroxylation is 1. The number of aromatic nitrogens is 2. The standard InChI is InChI=1S/C30H24F3N3O/c1-20-34-26-18-17-23(35(2)27-16-10-9-15-25(27)30(31,32)33)19-24(26)29(37)36(20)28(21-11-5-3-6-12-21)22-13-7-4-8-14-22/h3-19,28H,1-2H3. The van der Waals surface area contributed by atoms with Gasteiger partial charge in [-0.25, -0.2) is 4.98 Å². The summed E-state index contributed by atoms with van der Waals surface area (Å²) in [6.45, 7) is 1.79. The van der Waals surface area contributed by atoms with Gasteiger partial charge in [0.1, 0.15) is 5.82 Å². The van der Waals surface area contributed by atoms with E-state index >= 15 is 0 Å². The molecule has 0 fully saturated rings. The van der Waals surface area contributed by atoms with Crippen molar-refractivity contribution in [3.05, 3.63) is 136 Å². The number of fused-ring (bicyclic) bond motifs is 1. The van der Waals surface area contributed by atoms with E-state index in [2.05, 4.69) is 0 Å². The molecule has 0 aliphatic heterocycles. The molecule has 186 valence electrons. The molecule has 4 aromatic carbocycles. The van der Waals surface area contributed by atoms with Gasteiger partial charge in [-0.2, -0.15) is 13.2 Å². The monoisotopic (exact) mass is 499 g/mol. The predicted molar refractivity (Wildman–Crippen MR) is 140 cm³/mol. The highest BCUT2D eigenvalue weighted by Gasteiger charge is 2.34. The Kier molecular flexibility index (Phi) is 6.29.